The van der Waals surface area contributed by atoms with Crippen LogP contribution in [-0.4, -0.2) is 17.2 Å². The van der Waals surface area contributed by atoms with Crippen LogP contribution in [0.15, 0.2) is 54.7 Å². The number of nitrogens with zero attached hydrogens (tertiary/aromatic N) is 1. The molecule has 1 N–H and O–H groups in total. The van der Waals surface area contributed by atoms with Gasteiger partial charge in [-0.1, -0.05) is 18.2 Å². The lowest BCUT2D eigenvalue weighted by Gasteiger charge is -2.13. The normalized spacial score (nSPS) is 12.3. The molecule has 3 nitrogen and oxygen atoms in total. The van der Waals surface area contributed by atoms with Crippen molar-refractivity contribution in [2.75, 3.05) is 7.11 Å². The first-order valence-corrected chi connectivity index (χ1v) is 6.55. The average Bonchev–Trinajstić information content (AvgIpc) is 2.53. The van der Waals surface area contributed by atoms with Crippen LogP contribution in [-0.2, 0) is 0 Å². The molecule has 0 fully saturated rings. The Hall–Kier alpha value is -2.46. The van der Waals surface area contributed by atoms with Crippen LogP contribution in [0.4, 0.5) is 4.39 Å². The maximum Gasteiger partial charge on any atom is 0.133 e. The van der Waals surface area contributed by atoms with Crippen molar-refractivity contribution in [3.8, 4) is 5.75 Å². The minimum atomic E-state index is -1.06. The zero-order valence-electron chi connectivity index (χ0n) is 11.5. The third-order valence-electron chi connectivity index (χ3n) is 3.43. The van der Waals surface area contributed by atoms with E-state index in [2.05, 4.69) is 4.98 Å². The fourth-order valence-corrected chi connectivity index (χ4v) is 2.27. The lowest BCUT2D eigenvalue weighted by molar-refractivity contribution is 0.214. The average molecular weight is 283 g/mol. The third kappa shape index (κ3) is 2.58. The van der Waals surface area contributed by atoms with E-state index in [4.69, 9.17) is 4.74 Å². The number of para-hydroxylation sites is 1. The summed E-state index contributed by atoms with van der Waals surface area (Å²) in [4.78, 5) is 4.28. The van der Waals surface area contributed by atoms with Crippen LogP contribution in [0.3, 0.4) is 0 Å². The Morgan fingerprint density at radius 2 is 1.95 bits per heavy atom. The van der Waals surface area contributed by atoms with Crippen LogP contribution in [0, 0.1) is 5.82 Å². The molecular formula is C17H14FNO2. The Kier molecular flexibility index (Phi) is 3.54. The van der Waals surface area contributed by atoms with Crippen LogP contribution in [0.2, 0.25) is 0 Å². The zero-order valence-corrected chi connectivity index (χ0v) is 11.5. The Bertz CT molecular complexity index is 789. The molecule has 1 aromatic heterocycles. The summed E-state index contributed by atoms with van der Waals surface area (Å²) in [6, 6.07) is 13.8. The fraction of sp³-hybridized carbons (Fsp3) is 0.118. The molecule has 0 aliphatic rings. The summed E-state index contributed by atoms with van der Waals surface area (Å²) in [7, 11) is 1.47. The van der Waals surface area contributed by atoms with Gasteiger partial charge in [-0.15, -0.1) is 0 Å². The number of aliphatic hydroxyl groups is 1. The second-order valence-electron chi connectivity index (χ2n) is 4.75. The molecule has 0 saturated heterocycles. The van der Waals surface area contributed by atoms with E-state index in [1.807, 2.05) is 30.3 Å². The SMILES string of the molecule is COc1ccc(C(O)c2cnc3ccccc3c2)c(F)c1. The molecule has 1 heterocycles. The van der Waals surface area contributed by atoms with Gasteiger partial charge in [-0.3, -0.25) is 4.98 Å². The zero-order chi connectivity index (χ0) is 14.8. The molecule has 21 heavy (non-hydrogen) atoms. The standard InChI is InChI=1S/C17H14FNO2/c1-21-13-6-7-14(15(18)9-13)17(20)12-8-11-4-2-3-5-16(11)19-10-12/h2-10,17,20H,1H3. The number of aliphatic hydroxyl groups excluding tert-OH is 1. The van der Waals surface area contributed by atoms with Crippen LogP contribution in [0.5, 0.6) is 5.75 Å². The summed E-state index contributed by atoms with van der Waals surface area (Å²) >= 11 is 0. The van der Waals surface area contributed by atoms with Crippen LogP contribution < -0.4 is 4.74 Å². The van der Waals surface area contributed by atoms with Crippen molar-refractivity contribution in [3.05, 3.63) is 71.7 Å². The van der Waals surface area contributed by atoms with Crippen molar-refractivity contribution < 1.29 is 14.2 Å². The van der Waals surface area contributed by atoms with E-state index in [1.165, 1.54) is 19.2 Å². The number of rotatable bonds is 3. The second kappa shape index (κ2) is 5.50. The highest BCUT2D eigenvalue weighted by Crippen LogP contribution is 2.28. The van der Waals surface area contributed by atoms with Gasteiger partial charge in [0.1, 0.15) is 17.7 Å². The highest BCUT2D eigenvalue weighted by Gasteiger charge is 2.16. The van der Waals surface area contributed by atoms with Crippen LogP contribution in [0.1, 0.15) is 17.2 Å². The molecule has 106 valence electrons. The molecule has 1 atom stereocenters. The van der Waals surface area contributed by atoms with E-state index in [0.717, 1.165) is 10.9 Å². The van der Waals surface area contributed by atoms with Gasteiger partial charge in [0.25, 0.3) is 0 Å². The third-order valence-corrected chi connectivity index (χ3v) is 3.43. The largest absolute Gasteiger partial charge is 0.497 e. The highest BCUT2D eigenvalue weighted by molar-refractivity contribution is 5.78. The number of aromatic nitrogens is 1. The number of pyridine rings is 1. The molecule has 0 saturated carbocycles. The molecular weight excluding hydrogens is 269 g/mol. The predicted molar refractivity (Wildman–Crippen MR) is 78.8 cm³/mol. The Morgan fingerprint density at radius 1 is 1.14 bits per heavy atom. The number of benzene rings is 2. The second-order valence-corrected chi connectivity index (χ2v) is 4.75. The number of halogens is 1. The first kappa shape index (κ1) is 13.5. The number of ether oxygens (including phenoxy) is 1. The van der Waals surface area contributed by atoms with Gasteiger partial charge in [-0.25, -0.2) is 4.39 Å². The first-order valence-electron chi connectivity index (χ1n) is 6.55. The lowest BCUT2D eigenvalue weighted by Crippen LogP contribution is -2.03. The summed E-state index contributed by atoms with van der Waals surface area (Å²) in [5.74, 6) is -0.0879. The Balaban J connectivity index is 2.01. The summed E-state index contributed by atoms with van der Waals surface area (Å²) in [5, 5.41) is 11.3. The van der Waals surface area contributed by atoms with Crippen molar-refractivity contribution in [2.45, 2.75) is 6.10 Å². The molecule has 0 amide bonds. The van der Waals surface area contributed by atoms with E-state index >= 15 is 0 Å². The number of methoxy groups -OCH3 is 1. The molecule has 3 rings (SSSR count). The van der Waals surface area contributed by atoms with Gasteiger partial charge < -0.3 is 9.84 Å². The minimum absolute atomic E-state index is 0.202. The number of hydrogen-bond acceptors (Lipinski definition) is 3. The smallest absolute Gasteiger partial charge is 0.133 e. The topological polar surface area (TPSA) is 42.4 Å². The van der Waals surface area contributed by atoms with Gasteiger partial charge in [0.2, 0.25) is 0 Å². The molecule has 4 heteroatoms. The minimum Gasteiger partial charge on any atom is -0.497 e. The summed E-state index contributed by atoms with van der Waals surface area (Å²) in [6.45, 7) is 0. The summed E-state index contributed by atoms with van der Waals surface area (Å²) < 4.78 is 19.0. The maximum absolute atomic E-state index is 14.0. The van der Waals surface area contributed by atoms with Gasteiger partial charge in [0, 0.05) is 28.8 Å². The van der Waals surface area contributed by atoms with Crippen molar-refractivity contribution in [1.29, 1.82) is 0 Å². The van der Waals surface area contributed by atoms with E-state index < -0.39 is 11.9 Å². The molecule has 0 radical (unpaired) electrons. The van der Waals surface area contributed by atoms with E-state index in [0.29, 0.717) is 11.3 Å². The van der Waals surface area contributed by atoms with Crippen molar-refractivity contribution in [3.63, 3.8) is 0 Å². The predicted octanol–water partition coefficient (Wildman–Crippen LogP) is 3.46. The molecule has 2 aromatic carbocycles. The Labute approximate surface area is 121 Å². The Morgan fingerprint density at radius 3 is 2.71 bits per heavy atom. The van der Waals surface area contributed by atoms with Gasteiger partial charge in [0.05, 0.1) is 12.6 Å². The van der Waals surface area contributed by atoms with Gasteiger partial charge in [0.15, 0.2) is 0 Å². The van der Waals surface area contributed by atoms with Crippen molar-refractivity contribution >= 4 is 10.9 Å². The summed E-state index contributed by atoms with van der Waals surface area (Å²) in [6.07, 6.45) is 0.504. The van der Waals surface area contributed by atoms with Crippen molar-refractivity contribution in [2.24, 2.45) is 0 Å². The number of fused-ring (bicyclic) bond motifs is 1. The molecule has 0 spiro atoms. The van der Waals surface area contributed by atoms with E-state index in [-0.39, 0.29) is 5.56 Å². The molecule has 3 aromatic rings. The summed E-state index contributed by atoms with van der Waals surface area (Å²) in [5.41, 5.74) is 1.59. The van der Waals surface area contributed by atoms with Gasteiger partial charge in [-0.2, -0.15) is 0 Å². The molecule has 1 unspecified atom stereocenters. The number of hydrogen-bond donors (Lipinski definition) is 1. The molecule has 0 aliphatic heterocycles. The van der Waals surface area contributed by atoms with Gasteiger partial charge >= 0.3 is 0 Å². The highest BCUT2D eigenvalue weighted by atomic mass is 19.1. The van der Waals surface area contributed by atoms with Crippen LogP contribution >= 0.6 is 0 Å². The van der Waals surface area contributed by atoms with Gasteiger partial charge in [-0.05, 0) is 24.3 Å². The molecule has 0 bridgehead atoms. The lowest BCUT2D eigenvalue weighted by atomic mass is 10.0. The van der Waals surface area contributed by atoms with E-state index in [9.17, 15) is 9.50 Å². The monoisotopic (exact) mass is 283 g/mol. The molecule has 0 aliphatic carbocycles. The fourth-order valence-electron chi connectivity index (χ4n) is 2.27. The van der Waals surface area contributed by atoms with Crippen molar-refractivity contribution in [1.82, 2.24) is 4.98 Å². The quantitative estimate of drug-likeness (QED) is 0.800. The first-order chi connectivity index (χ1) is 10.2. The maximum atomic E-state index is 14.0. The van der Waals surface area contributed by atoms with E-state index in [1.54, 1.807) is 12.3 Å². The van der Waals surface area contributed by atoms with Crippen LogP contribution in [0.25, 0.3) is 10.9 Å².